The monoisotopic (exact) mass is 431 g/mol. The molecule has 1 aliphatic rings. The van der Waals surface area contributed by atoms with Crippen molar-refractivity contribution in [2.24, 2.45) is 0 Å². The Morgan fingerprint density at radius 1 is 0.593 bits per heavy atom. The summed E-state index contributed by atoms with van der Waals surface area (Å²) < 4.78 is 172. The number of halogens is 13. The summed E-state index contributed by atoms with van der Waals surface area (Å²) in [6.45, 7) is -0.537. The molecule has 0 atom stereocenters. The van der Waals surface area contributed by atoms with Crippen LogP contribution in [0.4, 0.5) is 57.1 Å². The van der Waals surface area contributed by atoms with Gasteiger partial charge in [-0.25, -0.2) is 0 Å². The van der Waals surface area contributed by atoms with Crippen LogP contribution in [-0.2, 0) is 4.74 Å². The molecule has 0 aromatic carbocycles. The van der Waals surface area contributed by atoms with Crippen LogP contribution in [0.2, 0.25) is 0 Å². The minimum Gasteiger partial charge on any atom is -0.378 e. The van der Waals surface area contributed by atoms with Crippen molar-refractivity contribution in [3.8, 4) is 0 Å². The molecule has 27 heavy (non-hydrogen) atoms. The molecule has 1 fully saturated rings. The number of hydrogen-bond acceptors (Lipinski definition) is 2. The Labute approximate surface area is 142 Å². The third kappa shape index (κ3) is 3.78. The summed E-state index contributed by atoms with van der Waals surface area (Å²) in [7, 11) is 0. The summed E-state index contributed by atoms with van der Waals surface area (Å²) in [5, 5.41) is 0. The fourth-order valence-electron chi connectivity index (χ4n) is 1.81. The Kier molecular flexibility index (Phi) is 6.02. The molecule has 0 aliphatic carbocycles. The highest BCUT2D eigenvalue weighted by atomic mass is 19.4. The second-order valence-electron chi connectivity index (χ2n) is 5.38. The van der Waals surface area contributed by atoms with Gasteiger partial charge in [0.2, 0.25) is 0 Å². The highest BCUT2D eigenvalue weighted by Gasteiger charge is 2.90. The lowest BCUT2D eigenvalue weighted by Crippen LogP contribution is -2.69. The average molecular weight is 431 g/mol. The van der Waals surface area contributed by atoms with Crippen molar-refractivity contribution in [2.75, 3.05) is 26.3 Å². The maximum Gasteiger partial charge on any atom is 0.460 e. The zero-order valence-electron chi connectivity index (χ0n) is 12.8. The van der Waals surface area contributed by atoms with Crippen LogP contribution in [0, 0.1) is 0 Å². The van der Waals surface area contributed by atoms with Crippen molar-refractivity contribution in [3.05, 3.63) is 12.3 Å². The number of rotatable bonds is 6. The molecule has 0 aromatic rings. The van der Waals surface area contributed by atoms with E-state index in [4.69, 9.17) is 4.74 Å². The first-order chi connectivity index (χ1) is 11.8. The molecule has 15 heteroatoms. The van der Waals surface area contributed by atoms with Gasteiger partial charge in [-0.05, 0) is 0 Å². The van der Waals surface area contributed by atoms with E-state index in [0.717, 1.165) is 4.90 Å². The van der Waals surface area contributed by atoms with E-state index in [2.05, 4.69) is 0 Å². The van der Waals surface area contributed by atoms with Crippen LogP contribution in [0.3, 0.4) is 0 Å². The summed E-state index contributed by atoms with van der Waals surface area (Å²) in [5.41, 5.74) is 0. The Bertz CT molecular complexity index is 548. The standard InChI is InChI=1S/C12H10F13NO/c13-7(14,1-2-26-3-5-27-6-4-26)8(15,16)9(17,18)10(19,20)11(21,22)12(23,24)25/h1-2H,3-6H2/b2-1+. The van der Waals surface area contributed by atoms with Crippen LogP contribution in [0.25, 0.3) is 0 Å². The summed E-state index contributed by atoms with van der Waals surface area (Å²) in [4.78, 5) is 0.827. The summed E-state index contributed by atoms with van der Waals surface area (Å²) in [5.74, 6) is -36.8. The van der Waals surface area contributed by atoms with Gasteiger partial charge in [0, 0.05) is 25.4 Å². The third-order valence-corrected chi connectivity index (χ3v) is 3.50. The van der Waals surface area contributed by atoms with E-state index >= 15 is 0 Å². The van der Waals surface area contributed by atoms with Crippen LogP contribution in [0.15, 0.2) is 12.3 Å². The highest BCUT2D eigenvalue weighted by molar-refractivity contribution is 5.15. The molecule has 1 rings (SSSR count). The molecular formula is C12H10F13NO. The maximum atomic E-state index is 13.4. The molecule has 1 heterocycles. The number of hydrogen-bond donors (Lipinski definition) is 0. The van der Waals surface area contributed by atoms with E-state index in [1.807, 2.05) is 0 Å². The van der Waals surface area contributed by atoms with Crippen LogP contribution in [0.5, 0.6) is 0 Å². The molecule has 0 bridgehead atoms. The van der Waals surface area contributed by atoms with Gasteiger partial charge in [0.25, 0.3) is 0 Å². The van der Waals surface area contributed by atoms with Crippen LogP contribution in [-0.4, -0.2) is 67.0 Å². The molecule has 0 saturated carbocycles. The molecular weight excluding hydrogens is 421 g/mol. The van der Waals surface area contributed by atoms with Gasteiger partial charge in [-0.3, -0.25) is 0 Å². The molecule has 0 amide bonds. The Morgan fingerprint density at radius 3 is 1.41 bits per heavy atom. The van der Waals surface area contributed by atoms with Crippen LogP contribution < -0.4 is 0 Å². The second kappa shape index (κ2) is 6.88. The normalized spacial score (nSPS) is 19.1. The minimum atomic E-state index is -7.88. The lowest BCUT2D eigenvalue weighted by molar-refractivity contribution is -0.436. The fourth-order valence-corrected chi connectivity index (χ4v) is 1.81. The number of allylic oxidation sites excluding steroid dienone is 1. The molecule has 160 valence electrons. The van der Waals surface area contributed by atoms with Crippen LogP contribution >= 0.6 is 0 Å². The summed E-state index contributed by atoms with van der Waals surface area (Å²) in [6, 6.07) is 0. The van der Waals surface area contributed by atoms with Gasteiger partial charge in [-0.15, -0.1) is 0 Å². The molecule has 2 nitrogen and oxygen atoms in total. The van der Waals surface area contributed by atoms with Gasteiger partial charge in [-0.2, -0.15) is 57.1 Å². The lowest BCUT2D eigenvalue weighted by atomic mass is 9.94. The van der Waals surface area contributed by atoms with Crippen molar-refractivity contribution < 1.29 is 61.8 Å². The van der Waals surface area contributed by atoms with Crippen molar-refractivity contribution in [1.29, 1.82) is 0 Å². The molecule has 0 unspecified atom stereocenters. The Morgan fingerprint density at radius 2 is 1.00 bits per heavy atom. The summed E-state index contributed by atoms with van der Waals surface area (Å²) in [6.07, 6.45) is -8.28. The summed E-state index contributed by atoms with van der Waals surface area (Å²) >= 11 is 0. The average Bonchev–Trinajstić information content (AvgIpc) is 2.52. The zero-order valence-corrected chi connectivity index (χ0v) is 12.8. The van der Waals surface area contributed by atoms with E-state index in [1.165, 1.54) is 0 Å². The molecule has 0 radical (unpaired) electrons. The first-order valence-corrected chi connectivity index (χ1v) is 6.80. The molecule has 0 spiro atoms. The largest absolute Gasteiger partial charge is 0.460 e. The van der Waals surface area contributed by atoms with E-state index < -0.39 is 41.9 Å². The number of ether oxygens (including phenoxy) is 1. The SMILES string of the molecule is FC(F)(F)C(F)(F)C(F)(F)C(F)(F)C(F)(F)C(F)(F)/C=C/N1CCOCC1. The van der Waals surface area contributed by atoms with Gasteiger partial charge >= 0.3 is 35.8 Å². The maximum absolute atomic E-state index is 13.4. The second-order valence-corrected chi connectivity index (χ2v) is 5.38. The van der Waals surface area contributed by atoms with Crippen molar-refractivity contribution in [1.82, 2.24) is 4.90 Å². The van der Waals surface area contributed by atoms with E-state index in [9.17, 15) is 57.1 Å². The zero-order chi connectivity index (χ0) is 21.5. The van der Waals surface area contributed by atoms with E-state index in [-0.39, 0.29) is 32.5 Å². The lowest BCUT2D eigenvalue weighted by Gasteiger charge is -2.39. The van der Waals surface area contributed by atoms with Crippen LogP contribution in [0.1, 0.15) is 0 Å². The number of nitrogens with zero attached hydrogens (tertiary/aromatic N) is 1. The molecule has 1 saturated heterocycles. The highest BCUT2D eigenvalue weighted by Crippen LogP contribution is 2.60. The van der Waals surface area contributed by atoms with Gasteiger partial charge < -0.3 is 9.64 Å². The van der Waals surface area contributed by atoms with Gasteiger partial charge in [0.1, 0.15) is 0 Å². The predicted octanol–water partition coefficient (Wildman–Crippen LogP) is 4.57. The fraction of sp³-hybridized carbons (Fsp3) is 0.833. The van der Waals surface area contributed by atoms with Crippen molar-refractivity contribution in [2.45, 2.75) is 35.8 Å². The third-order valence-electron chi connectivity index (χ3n) is 3.50. The molecule has 0 N–H and O–H groups in total. The quantitative estimate of drug-likeness (QED) is 0.572. The Hall–Kier alpha value is -1.41. The first-order valence-electron chi connectivity index (χ1n) is 6.80. The van der Waals surface area contributed by atoms with Gasteiger partial charge in [0.15, 0.2) is 0 Å². The van der Waals surface area contributed by atoms with Crippen molar-refractivity contribution in [3.63, 3.8) is 0 Å². The smallest absolute Gasteiger partial charge is 0.378 e. The number of morpholine rings is 1. The molecule has 1 aliphatic heterocycles. The van der Waals surface area contributed by atoms with Gasteiger partial charge in [-0.1, -0.05) is 0 Å². The topological polar surface area (TPSA) is 12.5 Å². The minimum absolute atomic E-state index is 0.0850. The number of alkyl halides is 13. The Balaban J connectivity index is 3.26. The van der Waals surface area contributed by atoms with Crippen molar-refractivity contribution >= 4 is 0 Å². The predicted molar refractivity (Wildman–Crippen MR) is 62.3 cm³/mol. The first kappa shape index (κ1) is 23.6. The van der Waals surface area contributed by atoms with Gasteiger partial charge in [0.05, 0.1) is 13.2 Å². The molecule has 0 aromatic heterocycles. The van der Waals surface area contributed by atoms with E-state index in [0.29, 0.717) is 0 Å². The van der Waals surface area contributed by atoms with E-state index in [1.54, 1.807) is 0 Å².